The number of nitrogens with zero attached hydrogens (tertiary/aromatic N) is 3. The Balaban J connectivity index is 1.24. The minimum atomic E-state index is 0.0921. The number of hydrogen-bond acceptors (Lipinski definition) is 4. The fourth-order valence-corrected chi connectivity index (χ4v) is 5.16. The van der Waals surface area contributed by atoms with Crippen molar-refractivity contribution in [2.24, 2.45) is 0 Å². The van der Waals surface area contributed by atoms with Crippen molar-refractivity contribution < 1.29 is 4.79 Å². The molecule has 0 unspecified atom stereocenters. The fourth-order valence-electron chi connectivity index (χ4n) is 5.16. The highest BCUT2D eigenvalue weighted by Gasteiger charge is 2.23. The molecule has 0 aliphatic carbocycles. The van der Waals surface area contributed by atoms with Gasteiger partial charge in [0.25, 0.3) is 0 Å². The third-order valence-corrected chi connectivity index (χ3v) is 7.38. The summed E-state index contributed by atoms with van der Waals surface area (Å²) in [5, 5.41) is 2.97. The second-order valence-corrected chi connectivity index (χ2v) is 10.6. The molecule has 1 aliphatic heterocycles. The molecule has 5 rings (SSSR count). The van der Waals surface area contributed by atoms with Gasteiger partial charge in [0, 0.05) is 36.3 Å². The minimum absolute atomic E-state index is 0.0921. The van der Waals surface area contributed by atoms with Crippen molar-refractivity contribution in [3.05, 3.63) is 95.7 Å². The Morgan fingerprint density at radius 2 is 1.38 bits per heavy atom. The number of unbranched alkanes of at least 4 members (excludes halogenated alkanes) is 3. The highest BCUT2D eigenvalue weighted by Crippen LogP contribution is 2.35. The highest BCUT2D eigenvalue weighted by molar-refractivity contribution is 5.90. The molecule has 0 fully saturated rings. The third kappa shape index (κ3) is 6.91. The zero-order valence-electron chi connectivity index (χ0n) is 23.1. The number of benzene rings is 3. The van der Waals surface area contributed by atoms with Gasteiger partial charge < -0.3 is 10.2 Å². The molecule has 39 heavy (non-hydrogen) atoms. The molecule has 5 heteroatoms. The lowest BCUT2D eigenvalue weighted by Crippen LogP contribution is -2.32. The summed E-state index contributed by atoms with van der Waals surface area (Å²) in [5.74, 6) is 1.13. The van der Waals surface area contributed by atoms with E-state index >= 15 is 0 Å². The van der Waals surface area contributed by atoms with Gasteiger partial charge in [0.15, 0.2) is 5.82 Å². The summed E-state index contributed by atoms with van der Waals surface area (Å²) >= 11 is 0. The maximum atomic E-state index is 12.2. The normalized spacial score (nSPS) is 12.7. The van der Waals surface area contributed by atoms with Gasteiger partial charge >= 0.3 is 0 Å². The van der Waals surface area contributed by atoms with Crippen LogP contribution in [-0.4, -0.2) is 29.0 Å². The summed E-state index contributed by atoms with van der Waals surface area (Å²) in [6.45, 7) is 6.20. The van der Waals surface area contributed by atoms with Gasteiger partial charge in [-0.2, -0.15) is 0 Å². The van der Waals surface area contributed by atoms with Gasteiger partial charge in [0.2, 0.25) is 5.91 Å². The smallest absolute Gasteiger partial charge is 0.224 e. The Labute approximate surface area is 232 Å². The molecule has 2 heterocycles. The molecule has 3 aromatic carbocycles. The number of hydrogen-bond donors (Lipinski definition) is 1. The molecule has 0 radical (unpaired) electrons. The summed E-state index contributed by atoms with van der Waals surface area (Å²) < 4.78 is 0. The van der Waals surface area contributed by atoms with E-state index in [0.717, 1.165) is 91.3 Å². The molecule has 1 amide bonds. The Morgan fingerprint density at radius 1 is 0.769 bits per heavy atom. The van der Waals surface area contributed by atoms with Crippen LogP contribution in [0.25, 0.3) is 22.5 Å². The van der Waals surface area contributed by atoms with Crippen LogP contribution in [-0.2, 0) is 11.2 Å². The Bertz CT molecular complexity index is 1380. The van der Waals surface area contributed by atoms with Gasteiger partial charge in [-0.15, -0.1) is 0 Å². The van der Waals surface area contributed by atoms with Gasteiger partial charge in [-0.25, -0.2) is 9.97 Å². The summed E-state index contributed by atoms with van der Waals surface area (Å²) in [6.07, 6.45) is 6.77. The monoisotopic (exact) mass is 518 g/mol. The van der Waals surface area contributed by atoms with E-state index in [0.29, 0.717) is 6.42 Å². The Hall–Kier alpha value is -3.99. The molecular weight excluding hydrogens is 480 g/mol. The Kier molecular flexibility index (Phi) is 8.67. The van der Waals surface area contributed by atoms with E-state index < -0.39 is 0 Å². The number of carbonyl (C=O) groups is 1. The lowest BCUT2D eigenvalue weighted by molar-refractivity contribution is -0.116. The van der Waals surface area contributed by atoms with Gasteiger partial charge in [-0.3, -0.25) is 4.79 Å². The van der Waals surface area contributed by atoms with Crippen molar-refractivity contribution in [3.8, 4) is 22.5 Å². The summed E-state index contributed by atoms with van der Waals surface area (Å²) in [4.78, 5) is 25.1. The fraction of sp³-hybridized carbons (Fsp3) is 0.324. The number of rotatable bonds is 10. The van der Waals surface area contributed by atoms with Gasteiger partial charge in [-0.05, 0) is 51.7 Å². The zero-order chi connectivity index (χ0) is 27.0. The van der Waals surface area contributed by atoms with Crippen molar-refractivity contribution >= 4 is 17.4 Å². The second-order valence-electron chi connectivity index (χ2n) is 10.6. The molecule has 200 valence electrons. The zero-order valence-corrected chi connectivity index (χ0v) is 23.1. The predicted octanol–water partition coefficient (Wildman–Crippen LogP) is 7.77. The molecule has 1 N–H and O–H groups in total. The number of amides is 1. The summed E-state index contributed by atoms with van der Waals surface area (Å²) in [6, 6.07) is 26.9. The number of carbonyl (C=O) groups excluding carboxylic acids is 1. The van der Waals surface area contributed by atoms with E-state index in [1.54, 1.807) is 0 Å². The molecule has 0 atom stereocenters. The SMILES string of the molecule is Cc1ccc(-c2nc3c(nc2-c2ccc(C)cc2)N(CCCCCCC(=O)Nc2ccccc2)CCC3)cc1. The lowest BCUT2D eigenvalue weighted by Gasteiger charge is -2.30. The second kappa shape index (κ2) is 12.7. The first kappa shape index (κ1) is 26.6. The first-order valence-electron chi connectivity index (χ1n) is 14.2. The molecular formula is C34H38N4O. The van der Waals surface area contributed by atoms with Crippen molar-refractivity contribution in [1.82, 2.24) is 9.97 Å². The summed E-state index contributed by atoms with van der Waals surface area (Å²) in [5.41, 5.74) is 8.58. The molecule has 0 saturated heterocycles. The van der Waals surface area contributed by atoms with Crippen LogP contribution in [0.2, 0.25) is 0 Å². The largest absolute Gasteiger partial charge is 0.355 e. The maximum absolute atomic E-state index is 12.2. The number of fused-ring (bicyclic) bond motifs is 1. The number of anilines is 2. The van der Waals surface area contributed by atoms with E-state index in [9.17, 15) is 4.79 Å². The molecule has 5 nitrogen and oxygen atoms in total. The molecule has 0 spiro atoms. The van der Waals surface area contributed by atoms with Crippen LogP contribution in [0.4, 0.5) is 11.5 Å². The predicted molar refractivity (Wildman–Crippen MR) is 161 cm³/mol. The van der Waals surface area contributed by atoms with Crippen LogP contribution in [0.5, 0.6) is 0 Å². The van der Waals surface area contributed by atoms with Crippen LogP contribution in [0.3, 0.4) is 0 Å². The molecule has 1 aliphatic rings. The average molecular weight is 519 g/mol. The lowest BCUT2D eigenvalue weighted by atomic mass is 10.0. The number of para-hydroxylation sites is 1. The van der Waals surface area contributed by atoms with Crippen molar-refractivity contribution in [2.45, 2.75) is 58.8 Å². The topological polar surface area (TPSA) is 58.1 Å². The molecule has 0 bridgehead atoms. The van der Waals surface area contributed by atoms with Gasteiger partial charge in [0.1, 0.15) is 0 Å². The average Bonchev–Trinajstić information content (AvgIpc) is 2.96. The standard InChI is InChI=1S/C34H38N4O/c1-25-15-19-27(20-16-25)32-33(28-21-17-26(2)18-22-28)37-34-30(36-32)13-10-24-38(34)23-9-4-3-8-14-31(39)35-29-11-6-5-7-12-29/h5-7,11-12,15-22H,3-4,8-10,13-14,23-24H2,1-2H3,(H,35,39). The van der Waals surface area contributed by atoms with Crippen molar-refractivity contribution in [2.75, 3.05) is 23.3 Å². The van der Waals surface area contributed by atoms with Crippen molar-refractivity contribution in [1.29, 1.82) is 0 Å². The van der Waals surface area contributed by atoms with Crippen LogP contribution >= 0.6 is 0 Å². The van der Waals surface area contributed by atoms with Crippen LogP contribution < -0.4 is 10.2 Å². The highest BCUT2D eigenvalue weighted by atomic mass is 16.1. The minimum Gasteiger partial charge on any atom is -0.355 e. The summed E-state index contributed by atoms with van der Waals surface area (Å²) in [7, 11) is 0. The van der Waals surface area contributed by atoms with Crippen LogP contribution in [0.1, 0.15) is 55.3 Å². The first-order chi connectivity index (χ1) is 19.1. The van der Waals surface area contributed by atoms with E-state index in [1.165, 1.54) is 11.1 Å². The van der Waals surface area contributed by atoms with Gasteiger partial charge in [-0.1, -0.05) is 90.7 Å². The Morgan fingerprint density at radius 3 is 2.05 bits per heavy atom. The van der Waals surface area contributed by atoms with E-state index in [-0.39, 0.29) is 5.91 Å². The quantitative estimate of drug-likeness (QED) is 0.218. The van der Waals surface area contributed by atoms with Crippen molar-refractivity contribution in [3.63, 3.8) is 0 Å². The van der Waals surface area contributed by atoms with E-state index in [4.69, 9.17) is 9.97 Å². The molecule has 0 saturated carbocycles. The van der Waals surface area contributed by atoms with E-state index in [2.05, 4.69) is 72.6 Å². The first-order valence-corrected chi connectivity index (χ1v) is 14.2. The number of nitrogens with one attached hydrogen (secondary N) is 1. The number of aryl methyl sites for hydroxylation is 3. The van der Waals surface area contributed by atoms with Crippen LogP contribution in [0.15, 0.2) is 78.9 Å². The molecule has 4 aromatic rings. The van der Waals surface area contributed by atoms with Crippen LogP contribution in [0, 0.1) is 13.8 Å². The number of aromatic nitrogens is 2. The molecule has 1 aromatic heterocycles. The van der Waals surface area contributed by atoms with E-state index in [1.807, 2.05) is 30.3 Å². The maximum Gasteiger partial charge on any atom is 0.224 e. The third-order valence-electron chi connectivity index (χ3n) is 7.38. The van der Waals surface area contributed by atoms with Gasteiger partial charge in [0.05, 0.1) is 17.1 Å².